The molecule has 0 amide bonds. The molecule has 1 aromatic heterocycles. The zero-order valence-electron chi connectivity index (χ0n) is 18.2. The van der Waals surface area contributed by atoms with Crippen molar-refractivity contribution >= 4 is 26.6 Å². The van der Waals surface area contributed by atoms with Gasteiger partial charge in [-0.1, -0.05) is 32.0 Å². The number of para-hydroxylation sites is 1. The molecule has 0 unspecified atom stereocenters. The monoisotopic (exact) mass is 442 g/mol. The average molecular weight is 443 g/mol. The Hall–Kier alpha value is -2.55. The van der Waals surface area contributed by atoms with Crippen molar-refractivity contribution in [1.29, 1.82) is 0 Å². The maximum atomic E-state index is 13.2. The number of aromatic amines is 1. The second-order valence-corrected chi connectivity index (χ2v) is 10.3. The molecule has 0 atom stereocenters. The van der Waals surface area contributed by atoms with Gasteiger partial charge in [0.2, 0.25) is 10.0 Å². The molecule has 3 aromatic rings. The number of ether oxygens (including phenoxy) is 1. The van der Waals surface area contributed by atoms with Crippen LogP contribution in [0.25, 0.3) is 10.9 Å². The number of hydrogen-bond donors (Lipinski definition) is 3. The predicted molar refractivity (Wildman–Crippen MR) is 125 cm³/mol. The van der Waals surface area contributed by atoms with Crippen LogP contribution in [-0.2, 0) is 15.4 Å². The van der Waals surface area contributed by atoms with Crippen LogP contribution in [0.5, 0.6) is 5.75 Å². The zero-order valence-corrected chi connectivity index (χ0v) is 19.1. The Morgan fingerprint density at radius 2 is 1.87 bits per heavy atom. The van der Waals surface area contributed by atoms with Crippen LogP contribution in [0.15, 0.2) is 53.6 Å². The van der Waals surface area contributed by atoms with Crippen molar-refractivity contribution in [2.75, 3.05) is 44.7 Å². The van der Waals surface area contributed by atoms with Crippen LogP contribution < -0.4 is 19.7 Å². The molecule has 7 nitrogen and oxygen atoms in total. The highest BCUT2D eigenvalue weighted by atomic mass is 32.2. The molecule has 31 heavy (non-hydrogen) atoms. The molecule has 0 spiro atoms. The first-order chi connectivity index (χ1) is 14.8. The van der Waals surface area contributed by atoms with Crippen LogP contribution in [0, 0.1) is 0 Å². The molecule has 2 heterocycles. The van der Waals surface area contributed by atoms with Crippen molar-refractivity contribution in [3.8, 4) is 5.75 Å². The van der Waals surface area contributed by atoms with Crippen molar-refractivity contribution < 1.29 is 13.2 Å². The molecule has 1 saturated heterocycles. The van der Waals surface area contributed by atoms with E-state index < -0.39 is 10.0 Å². The topological polar surface area (TPSA) is 86.5 Å². The molecule has 1 aliphatic heterocycles. The summed E-state index contributed by atoms with van der Waals surface area (Å²) in [5.41, 5.74) is 2.55. The van der Waals surface area contributed by atoms with Crippen LogP contribution in [0.4, 0.5) is 5.69 Å². The van der Waals surface area contributed by atoms with E-state index in [2.05, 4.69) is 26.0 Å². The first-order valence-electron chi connectivity index (χ1n) is 10.5. The average Bonchev–Trinajstić information content (AvgIpc) is 3.23. The normalized spacial score (nSPS) is 15.4. The minimum absolute atomic E-state index is 0.247. The van der Waals surface area contributed by atoms with E-state index in [0.717, 1.165) is 48.3 Å². The van der Waals surface area contributed by atoms with Crippen molar-refractivity contribution in [1.82, 2.24) is 15.0 Å². The predicted octanol–water partition coefficient (Wildman–Crippen LogP) is 2.84. The van der Waals surface area contributed by atoms with Gasteiger partial charge in [-0.25, -0.2) is 13.1 Å². The Bertz CT molecular complexity index is 1160. The minimum Gasteiger partial charge on any atom is -0.495 e. The van der Waals surface area contributed by atoms with Gasteiger partial charge in [0.1, 0.15) is 5.75 Å². The number of nitrogens with zero attached hydrogens (tertiary/aromatic N) is 1. The Kier molecular flexibility index (Phi) is 5.96. The third-order valence-electron chi connectivity index (χ3n) is 5.94. The molecular weight excluding hydrogens is 412 g/mol. The lowest BCUT2D eigenvalue weighted by Gasteiger charge is -2.31. The lowest BCUT2D eigenvalue weighted by molar-refractivity contribution is 0.412. The van der Waals surface area contributed by atoms with Gasteiger partial charge in [-0.2, -0.15) is 0 Å². The zero-order chi connectivity index (χ0) is 22.1. The van der Waals surface area contributed by atoms with Gasteiger partial charge in [0.25, 0.3) is 0 Å². The number of anilines is 1. The van der Waals surface area contributed by atoms with Gasteiger partial charge in [-0.15, -0.1) is 0 Å². The van der Waals surface area contributed by atoms with Gasteiger partial charge < -0.3 is 19.9 Å². The number of H-pyrrole nitrogens is 1. The van der Waals surface area contributed by atoms with Gasteiger partial charge in [0.15, 0.2) is 0 Å². The number of hydrogen-bond acceptors (Lipinski definition) is 5. The van der Waals surface area contributed by atoms with Crippen LogP contribution in [0.1, 0.15) is 19.4 Å². The maximum absolute atomic E-state index is 13.2. The van der Waals surface area contributed by atoms with Gasteiger partial charge in [0, 0.05) is 55.2 Å². The van der Waals surface area contributed by atoms with E-state index in [4.69, 9.17) is 4.74 Å². The number of benzene rings is 2. The molecule has 4 rings (SSSR count). The molecule has 0 aliphatic carbocycles. The summed E-state index contributed by atoms with van der Waals surface area (Å²) in [7, 11) is -2.07. The summed E-state index contributed by atoms with van der Waals surface area (Å²) >= 11 is 0. The Labute approximate surface area is 183 Å². The fourth-order valence-corrected chi connectivity index (χ4v) is 5.31. The molecule has 0 bridgehead atoms. The van der Waals surface area contributed by atoms with E-state index in [1.807, 2.05) is 38.2 Å². The lowest BCUT2D eigenvalue weighted by Crippen LogP contribution is -2.43. The van der Waals surface area contributed by atoms with Crippen LogP contribution in [-0.4, -0.2) is 53.2 Å². The number of methoxy groups -OCH3 is 1. The highest BCUT2D eigenvalue weighted by Gasteiger charge is 2.27. The van der Waals surface area contributed by atoms with E-state index in [0.29, 0.717) is 5.75 Å². The summed E-state index contributed by atoms with van der Waals surface area (Å²) in [6.45, 7) is 7.71. The summed E-state index contributed by atoms with van der Waals surface area (Å²) < 4.78 is 34.6. The quantitative estimate of drug-likeness (QED) is 0.524. The van der Waals surface area contributed by atoms with Crippen LogP contribution in [0.2, 0.25) is 0 Å². The number of sulfonamides is 1. The minimum atomic E-state index is -3.68. The largest absolute Gasteiger partial charge is 0.495 e. The van der Waals surface area contributed by atoms with Crippen molar-refractivity contribution in [2.24, 2.45) is 0 Å². The van der Waals surface area contributed by atoms with Gasteiger partial charge in [-0.05, 0) is 29.8 Å². The van der Waals surface area contributed by atoms with E-state index in [1.165, 1.54) is 0 Å². The van der Waals surface area contributed by atoms with Crippen molar-refractivity contribution in [3.05, 3.63) is 54.2 Å². The van der Waals surface area contributed by atoms with Gasteiger partial charge in [-0.3, -0.25) is 0 Å². The third kappa shape index (κ3) is 4.42. The standard InChI is InChI=1S/C23H30N4O3S/c1-23(2,19-15-25-20-7-5-4-6-18(19)20)16-26-31(28,29)17-8-9-22(30-3)21(14-17)27-12-10-24-11-13-27/h4-9,14-15,24-26H,10-13,16H2,1-3H3. The van der Waals surface area contributed by atoms with Gasteiger partial charge >= 0.3 is 0 Å². The van der Waals surface area contributed by atoms with E-state index >= 15 is 0 Å². The Balaban J connectivity index is 1.57. The fourth-order valence-electron chi connectivity index (χ4n) is 4.08. The first kappa shape index (κ1) is 21.7. The summed E-state index contributed by atoms with van der Waals surface area (Å²) in [4.78, 5) is 5.68. The maximum Gasteiger partial charge on any atom is 0.240 e. The fraction of sp³-hybridized carbons (Fsp3) is 0.391. The molecular formula is C23H30N4O3S. The molecule has 166 valence electrons. The third-order valence-corrected chi connectivity index (χ3v) is 7.34. The second kappa shape index (κ2) is 8.53. The number of aromatic nitrogens is 1. The summed E-state index contributed by atoms with van der Waals surface area (Å²) in [5.74, 6) is 0.681. The smallest absolute Gasteiger partial charge is 0.240 e. The highest BCUT2D eigenvalue weighted by molar-refractivity contribution is 7.89. The van der Waals surface area contributed by atoms with E-state index in [9.17, 15) is 8.42 Å². The number of fused-ring (bicyclic) bond motifs is 1. The molecule has 0 radical (unpaired) electrons. The van der Waals surface area contributed by atoms with E-state index in [-0.39, 0.29) is 16.9 Å². The molecule has 3 N–H and O–H groups in total. The van der Waals surface area contributed by atoms with Crippen LogP contribution >= 0.6 is 0 Å². The summed E-state index contributed by atoms with van der Waals surface area (Å²) in [6.07, 6.45) is 1.97. The number of rotatable bonds is 7. The first-order valence-corrected chi connectivity index (χ1v) is 12.0. The Morgan fingerprint density at radius 1 is 1.13 bits per heavy atom. The molecule has 8 heteroatoms. The molecule has 0 saturated carbocycles. The molecule has 1 fully saturated rings. The lowest BCUT2D eigenvalue weighted by atomic mass is 9.85. The number of nitrogens with one attached hydrogen (secondary N) is 3. The second-order valence-electron chi connectivity index (χ2n) is 8.53. The number of piperazine rings is 1. The summed E-state index contributed by atoms with van der Waals surface area (Å²) in [5, 5.41) is 4.42. The van der Waals surface area contributed by atoms with Crippen molar-refractivity contribution in [3.63, 3.8) is 0 Å². The SMILES string of the molecule is COc1ccc(S(=O)(=O)NCC(C)(C)c2c[nH]c3ccccc23)cc1N1CCNCC1. The van der Waals surface area contributed by atoms with Crippen molar-refractivity contribution in [2.45, 2.75) is 24.2 Å². The van der Waals surface area contributed by atoms with Crippen LogP contribution in [0.3, 0.4) is 0 Å². The molecule has 1 aliphatic rings. The molecule has 2 aromatic carbocycles. The van der Waals surface area contributed by atoms with Gasteiger partial charge in [0.05, 0.1) is 17.7 Å². The Morgan fingerprint density at radius 3 is 2.61 bits per heavy atom. The highest BCUT2D eigenvalue weighted by Crippen LogP contribution is 2.33. The van der Waals surface area contributed by atoms with E-state index in [1.54, 1.807) is 25.3 Å². The summed E-state index contributed by atoms with van der Waals surface area (Å²) in [6, 6.07) is 13.1.